The van der Waals surface area contributed by atoms with E-state index in [-0.39, 0.29) is 74.7 Å². The number of methoxy groups -OCH3 is 1. The van der Waals surface area contributed by atoms with Gasteiger partial charge in [0.15, 0.2) is 24.3 Å². The number of Topliss-reactive ketones (excluding diaryl/α,β-unsaturated/α-hetero) is 1. The fraction of sp³-hybridized carbons (Fsp3) is 0.700. The third-order valence-corrected chi connectivity index (χ3v) is 13.7. The minimum atomic E-state index is -2.03. The van der Waals surface area contributed by atoms with Crippen molar-refractivity contribution in [2.45, 2.75) is 126 Å². The monoisotopic (exact) mass is 1060 g/mol. The van der Waals surface area contributed by atoms with Crippen LogP contribution in [0.1, 0.15) is 59.1 Å². The van der Waals surface area contributed by atoms with E-state index in [0.717, 1.165) is 7.11 Å². The summed E-state index contributed by atoms with van der Waals surface area (Å²) in [4.78, 5) is 55.2. The fourth-order valence-electron chi connectivity index (χ4n) is 10.2. The van der Waals surface area contributed by atoms with E-state index in [9.17, 15) is 55.2 Å². The number of carbonyl (C=O) groups is 4. The van der Waals surface area contributed by atoms with Crippen LogP contribution in [0.2, 0.25) is 0 Å². The topological polar surface area (TPSA) is 298 Å². The second-order valence-electron chi connectivity index (χ2n) is 17.1. The van der Waals surface area contributed by atoms with E-state index in [0.29, 0.717) is 5.56 Å². The standard InChI is InChI=1S/C40H55NO18.Ac/c1-17-20(57-34(50)28(46)26(41-36(51)54-6)19-10-8-7-9-11-19)13-40(53)18(2)32-38(5,22(43)12-23-39(32,52)16-56-23)33(49)31(25(17)37(40,3)4)59-24(44)15-55-35-30(48)29(47)27(45)21(14-42)58-35;/h7-11,18,20-23,26-32,35,42-43,45-48,52-53H,12-16H2,1-6H3,(H,41,51);/t18-,20?,21?,22?,23?,26?,27?,28?,29?,30?,31?,32?,35?,38+,39?,40?;/m0./s1. The number of hydrogen-bond acceptors (Lipinski definition) is 18. The molecule has 1 amide bonds. The smallest absolute Gasteiger partial charge is 0.407 e. The van der Waals surface area contributed by atoms with Crippen LogP contribution >= 0.6 is 0 Å². The molecule has 19 nitrogen and oxygen atoms in total. The van der Waals surface area contributed by atoms with E-state index in [4.69, 9.17) is 28.4 Å². The molecule has 1 aromatic carbocycles. The second kappa shape index (κ2) is 18.1. The Labute approximate surface area is 381 Å². The molecule has 4 fully saturated rings. The summed E-state index contributed by atoms with van der Waals surface area (Å²) in [5.74, 6) is -5.59. The van der Waals surface area contributed by atoms with Gasteiger partial charge in [-0.25, -0.2) is 14.4 Å². The van der Waals surface area contributed by atoms with Crippen molar-refractivity contribution in [2.24, 2.45) is 22.7 Å². The van der Waals surface area contributed by atoms with Crippen LogP contribution in [0.3, 0.4) is 0 Å². The maximum Gasteiger partial charge on any atom is 0.407 e. The van der Waals surface area contributed by atoms with Crippen LogP contribution in [0.25, 0.3) is 0 Å². The van der Waals surface area contributed by atoms with Crippen molar-refractivity contribution in [3.8, 4) is 0 Å². The first-order valence-corrected chi connectivity index (χ1v) is 19.5. The summed E-state index contributed by atoms with van der Waals surface area (Å²) in [6.07, 6.45) is -17.7. The number of esters is 2. The van der Waals surface area contributed by atoms with Gasteiger partial charge in [-0.2, -0.15) is 0 Å². The minimum absolute atomic E-state index is 0. The quantitative estimate of drug-likeness (QED) is 0.0717. The van der Waals surface area contributed by atoms with Gasteiger partial charge in [0, 0.05) is 68.2 Å². The predicted molar refractivity (Wildman–Crippen MR) is 197 cm³/mol. The number of alkyl carbamates (subject to hydrolysis) is 1. The maximum absolute atomic E-state index is 15.2. The molecule has 2 heterocycles. The average molecular weight is 1060 g/mol. The summed E-state index contributed by atoms with van der Waals surface area (Å²) in [6, 6.07) is 6.68. The van der Waals surface area contributed by atoms with Crippen molar-refractivity contribution in [1.29, 1.82) is 0 Å². The summed E-state index contributed by atoms with van der Waals surface area (Å²) < 4.78 is 32.9. The molecule has 1 radical (unpaired) electrons. The number of hydrogen-bond donors (Lipinski definition) is 9. The van der Waals surface area contributed by atoms with E-state index in [1.165, 1.54) is 13.8 Å². The number of benzene rings is 1. The van der Waals surface area contributed by atoms with Gasteiger partial charge in [0.1, 0.15) is 42.7 Å². The van der Waals surface area contributed by atoms with Crippen LogP contribution in [0.5, 0.6) is 0 Å². The Kier molecular flexibility index (Phi) is 14.8. The minimum Gasteiger partial charge on any atom is -0.456 e. The van der Waals surface area contributed by atoms with Crippen LogP contribution in [0.4, 0.5) is 4.79 Å². The molecule has 0 aromatic heterocycles. The third-order valence-electron chi connectivity index (χ3n) is 13.7. The van der Waals surface area contributed by atoms with Crippen molar-refractivity contribution in [1.82, 2.24) is 5.32 Å². The van der Waals surface area contributed by atoms with Crippen LogP contribution < -0.4 is 5.32 Å². The van der Waals surface area contributed by atoms with Crippen molar-refractivity contribution >= 4 is 23.8 Å². The zero-order valence-electron chi connectivity index (χ0n) is 34.2. The first kappa shape index (κ1) is 48.9. The first-order chi connectivity index (χ1) is 27.6. The molecular weight excluding hydrogens is 1010 g/mol. The van der Waals surface area contributed by atoms with Crippen molar-refractivity contribution < 1.29 is 133 Å². The Morgan fingerprint density at radius 3 is 2.23 bits per heavy atom. The van der Waals surface area contributed by atoms with Gasteiger partial charge in [0.05, 0.1) is 49.6 Å². The van der Waals surface area contributed by atoms with E-state index in [1.807, 2.05) is 0 Å². The molecular formula is C40H55AcNO18. The Bertz CT molecular complexity index is 1810. The number of ketones is 1. The molecule has 3 aliphatic carbocycles. The molecule has 14 unspecified atom stereocenters. The predicted octanol–water partition coefficient (Wildman–Crippen LogP) is -1.70. The van der Waals surface area contributed by atoms with E-state index >= 15 is 4.79 Å². The van der Waals surface area contributed by atoms with Crippen molar-refractivity contribution in [2.75, 3.05) is 26.9 Å². The fourth-order valence-corrected chi connectivity index (χ4v) is 10.2. The molecule has 9 N–H and O–H groups in total. The van der Waals surface area contributed by atoms with Gasteiger partial charge < -0.3 is 74.6 Å². The summed E-state index contributed by atoms with van der Waals surface area (Å²) in [5.41, 5.74) is -6.66. The van der Waals surface area contributed by atoms with Crippen molar-refractivity contribution in [3.63, 3.8) is 0 Å². The van der Waals surface area contributed by atoms with Crippen LogP contribution in [0, 0.1) is 66.7 Å². The van der Waals surface area contributed by atoms with Crippen LogP contribution in [-0.4, -0.2) is 164 Å². The van der Waals surface area contributed by atoms with E-state index in [2.05, 4.69) is 5.32 Å². The molecule has 0 spiro atoms. The number of ether oxygens (including phenoxy) is 6. The summed E-state index contributed by atoms with van der Waals surface area (Å²) in [5, 5.41) is 91.3. The van der Waals surface area contributed by atoms with Gasteiger partial charge in [-0.3, -0.25) is 4.79 Å². The first-order valence-electron chi connectivity index (χ1n) is 19.5. The zero-order valence-corrected chi connectivity index (χ0v) is 38.9. The Hall–Kier alpha value is -2.16. The molecule has 60 heavy (non-hydrogen) atoms. The average Bonchev–Trinajstić information content (AvgIpc) is 3.20. The van der Waals surface area contributed by atoms with Gasteiger partial charge in [0.25, 0.3) is 0 Å². The Morgan fingerprint density at radius 2 is 1.65 bits per heavy atom. The maximum atomic E-state index is 15.2. The van der Waals surface area contributed by atoms with Crippen molar-refractivity contribution in [3.05, 3.63) is 47.0 Å². The second-order valence-corrected chi connectivity index (χ2v) is 17.1. The van der Waals surface area contributed by atoms with Gasteiger partial charge in [-0.05, 0) is 36.5 Å². The molecule has 16 atom stereocenters. The number of amides is 1. The molecule has 20 heteroatoms. The van der Waals surface area contributed by atoms with Gasteiger partial charge in [-0.15, -0.1) is 0 Å². The zero-order chi connectivity index (χ0) is 43.6. The molecule has 2 saturated carbocycles. The Morgan fingerprint density at radius 1 is 1.00 bits per heavy atom. The largest absolute Gasteiger partial charge is 0.456 e. The number of carbonyl (C=O) groups excluding carboxylic acids is 4. The number of rotatable bonds is 10. The molecule has 2 aliphatic heterocycles. The molecule has 331 valence electrons. The molecule has 2 bridgehead atoms. The molecule has 5 aliphatic rings. The van der Waals surface area contributed by atoms with Gasteiger partial charge in [-0.1, -0.05) is 51.1 Å². The number of aliphatic hydroxyl groups excluding tert-OH is 6. The van der Waals surface area contributed by atoms with E-state index < -0.39 is 138 Å². The summed E-state index contributed by atoms with van der Waals surface area (Å²) in [7, 11) is 1.10. The number of nitrogens with one attached hydrogen (secondary N) is 1. The Balaban J connectivity index is 0.00000683. The SMILES string of the molecule is COC(=O)NC(c1ccccc1)C(O)C(=O)OC1CC2(O)[C@@H](C)C3C4(O)COC4CC(O)[C@@]3(C)C(=O)C(OC(=O)COC3OC(CO)C(O)C(O)C3O)C(=C1C)C2(C)C.[Ac]. The normalized spacial score (nSPS) is 40.4. The molecule has 2 saturated heterocycles. The van der Waals surface area contributed by atoms with E-state index in [1.54, 1.807) is 51.1 Å². The molecule has 1 aromatic rings. The van der Waals surface area contributed by atoms with Gasteiger partial charge in [0.2, 0.25) is 0 Å². The van der Waals surface area contributed by atoms with Crippen LogP contribution in [-0.2, 0) is 42.8 Å². The third kappa shape index (κ3) is 8.01. The summed E-state index contributed by atoms with van der Waals surface area (Å²) >= 11 is 0. The number of aliphatic hydroxyl groups is 8. The van der Waals surface area contributed by atoms with Crippen LogP contribution in [0.15, 0.2) is 41.5 Å². The summed E-state index contributed by atoms with van der Waals surface area (Å²) in [6.45, 7) is 5.71. The van der Waals surface area contributed by atoms with Gasteiger partial charge >= 0.3 is 18.0 Å². The number of fused-ring (bicyclic) bond motifs is 5. The molecule has 6 rings (SSSR count).